The highest BCUT2D eigenvalue weighted by atomic mass is 31.0. The minimum atomic E-state index is -0.00116. The number of hydrogen-bond acceptors (Lipinski definition) is 1. The molecule has 0 spiro atoms. The topological polar surface area (TPSA) is 23.9 Å². The molecular weight excluding hydrogens is 400 g/mol. The summed E-state index contributed by atoms with van der Waals surface area (Å²) in [6.07, 6.45) is 11.4. The van der Waals surface area contributed by atoms with E-state index >= 15 is 4.39 Å². The van der Waals surface area contributed by atoms with E-state index in [4.69, 9.17) is 5.41 Å². The van der Waals surface area contributed by atoms with Crippen molar-refractivity contribution in [3.8, 4) is 0 Å². The van der Waals surface area contributed by atoms with Gasteiger partial charge in [0, 0.05) is 11.3 Å². The summed E-state index contributed by atoms with van der Waals surface area (Å²) in [7, 11) is 3.91. The molecule has 4 aliphatic carbocycles. The molecule has 164 valence electrons. The van der Waals surface area contributed by atoms with Crippen molar-refractivity contribution >= 4 is 25.4 Å². The Labute approximate surface area is 188 Å². The van der Waals surface area contributed by atoms with Crippen LogP contribution in [0, 0.1) is 34.9 Å². The van der Waals surface area contributed by atoms with Crippen LogP contribution in [0.3, 0.4) is 0 Å². The van der Waals surface area contributed by atoms with Gasteiger partial charge < -0.3 is 5.41 Å². The van der Waals surface area contributed by atoms with Gasteiger partial charge in [-0.1, -0.05) is 19.9 Å². The van der Waals surface area contributed by atoms with E-state index in [-0.39, 0.29) is 5.82 Å². The van der Waals surface area contributed by atoms with Gasteiger partial charge in [0.25, 0.3) is 0 Å². The smallest absolute Gasteiger partial charge is 0.127 e. The second kappa shape index (κ2) is 8.11. The molecule has 3 heteroatoms. The van der Waals surface area contributed by atoms with Crippen molar-refractivity contribution < 1.29 is 4.39 Å². The molecule has 4 aliphatic rings. The Morgan fingerprint density at radius 3 is 2.42 bits per heavy atom. The van der Waals surface area contributed by atoms with Crippen molar-refractivity contribution in [1.82, 2.24) is 0 Å². The minimum absolute atomic E-state index is 0.00116. The summed E-state index contributed by atoms with van der Waals surface area (Å²) >= 11 is 0. The molecule has 5 rings (SSSR count). The predicted molar refractivity (Wildman–Crippen MR) is 132 cm³/mol. The van der Waals surface area contributed by atoms with Gasteiger partial charge in [0.05, 0.1) is 0 Å². The largest absolute Gasteiger partial charge is 0.305 e. The lowest BCUT2D eigenvalue weighted by molar-refractivity contribution is 0.426. The van der Waals surface area contributed by atoms with Crippen LogP contribution >= 0.6 is 8.86 Å². The summed E-state index contributed by atoms with van der Waals surface area (Å²) in [5, 5.41) is 9.61. The van der Waals surface area contributed by atoms with Crippen molar-refractivity contribution in [2.24, 2.45) is 23.7 Å². The zero-order valence-electron chi connectivity index (χ0n) is 19.2. The van der Waals surface area contributed by atoms with Gasteiger partial charge in [0.2, 0.25) is 0 Å². The van der Waals surface area contributed by atoms with Crippen LogP contribution < -0.4 is 0 Å². The van der Waals surface area contributed by atoms with Crippen molar-refractivity contribution in [3.05, 3.63) is 51.9 Å². The molecule has 0 radical (unpaired) electrons. The molecule has 0 bridgehead atoms. The second-order valence-electron chi connectivity index (χ2n) is 10.8. The standard InChI is InChI=1S/C28H35FNP/c1-15(2)21-11-20-12-24(18-6-7-18)27(29)14-23(20)25-10-19(17-4-5-17)8-9-28(31)22(16(3)30)13-26(21)25/h12-15,17-19,21,30-31H,4-11H2,1-3H3/b22-13-,30-16?. The van der Waals surface area contributed by atoms with E-state index in [0.29, 0.717) is 29.4 Å². The Bertz CT molecular complexity index is 1010. The SMILES string of the molecule is CC(=N)/C1=C/C2=C(CC(C3CC3)CCC1=P)c1cc(F)c(C3CC3)cc1CC2C(C)C. The zero-order chi connectivity index (χ0) is 21.9. The van der Waals surface area contributed by atoms with Crippen LogP contribution in [0.2, 0.25) is 0 Å². The highest BCUT2D eigenvalue weighted by Crippen LogP contribution is 2.50. The number of hydrogen-bond donors (Lipinski definition) is 1. The lowest BCUT2D eigenvalue weighted by atomic mass is 9.71. The van der Waals surface area contributed by atoms with E-state index < -0.39 is 0 Å². The first-order valence-electron chi connectivity index (χ1n) is 12.2. The first-order valence-corrected chi connectivity index (χ1v) is 12.7. The molecule has 0 amide bonds. The van der Waals surface area contributed by atoms with Crippen LogP contribution in [0.25, 0.3) is 5.57 Å². The van der Waals surface area contributed by atoms with Crippen LogP contribution in [-0.2, 0) is 6.42 Å². The second-order valence-corrected chi connectivity index (χ2v) is 11.4. The maximum atomic E-state index is 15.2. The Hall–Kier alpha value is -1.53. The molecule has 0 aromatic heterocycles. The van der Waals surface area contributed by atoms with Crippen molar-refractivity contribution in [2.75, 3.05) is 0 Å². The molecule has 2 unspecified atom stereocenters. The van der Waals surface area contributed by atoms with Gasteiger partial charge in [-0.3, -0.25) is 0 Å². The Morgan fingerprint density at radius 1 is 1.06 bits per heavy atom. The molecular formula is C28H35FNP. The molecule has 2 fully saturated rings. The fourth-order valence-electron chi connectivity index (χ4n) is 5.91. The monoisotopic (exact) mass is 435 g/mol. The fraction of sp³-hybridized carbons (Fsp3) is 0.571. The zero-order valence-corrected chi connectivity index (χ0v) is 20.2. The van der Waals surface area contributed by atoms with E-state index in [1.165, 1.54) is 29.6 Å². The van der Waals surface area contributed by atoms with E-state index in [1.54, 1.807) is 0 Å². The molecule has 31 heavy (non-hydrogen) atoms. The van der Waals surface area contributed by atoms with Crippen LogP contribution in [0.15, 0.2) is 29.4 Å². The maximum Gasteiger partial charge on any atom is 0.127 e. The molecule has 1 aromatic rings. The fourth-order valence-corrected chi connectivity index (χ4v) is 6.32. The van der Waals surface area contributed by atoms with Crippen LogP contribution in [0.5, 0.6) is 0 Å². The third-order valence-corrected chi connectivity index (χ3v) is 8.63. The van der Waals surface area contributed by atoms with Crippen molar-refractivity contribution in [3.63, 3.8) is 0 Å². The lowest BCUT2D eigenvalue weighted by Gasteiger charge is -2.34. The number of halogens is 1. The predicted octanol–water partition coefficient (Wildman–Crippen LogP) is 7.78. The summed E-state index contributed by atoms with van der Waals surface area (Å²) in [6.45, 7) is 6.53. The van der Waals surface area contributed by atoms with E-state index in [9.17, 15) is 0 Å². The highest BCUT2D eigenvalue weighted by molar-refractivity contribution is 7.22. The third-order valence-electron chi connectivity index (χ3n) is 8.11. The number of nitrogens with one attached hydrogen (secondary N) is 1. The molecule has 0 heterocycles. The molecule has 0 aliphatic heterocycles. The van der Waals surface area contributed by atoms with Crippen LogP contribution in [0.4, 0.5) is 4.39 Å². The number of benzene rings is 1. The first kappa shape index (κ1) is 21.3. The molecule has 2 atom stereocenters. The summed E-state index contributed by atoms with van der Waals surface area (Å²) in [4.78, 5) is 0. The van der Waals surface area contributed by atoms with Gasteiger partial charge in [-0.05, 0) is 133 Å². The third kappa shape index (κ3) is 4.13. The number of allylic oxidation sites excluding steroid dienone is 4. The molecule has 1 nitrogen and oxygen atoms in total. The summed E-state index contributed by atoms with van der Waals surface area (Å²) < 4.78 is 15.2. The molecule has 1 aromatic carbocycles. The molecule has 0 saturated heterocycles. The van der Waals surface area contributed by atoms with Gasteiger partial charge >= 0.3 is 0 Å². The normalized spacial score (nSPS) is 28.3. The Morgan fingerprint density at radius 2 is 1.81 bits per heavy atom. The van der Waals surface area contributed by atoms with Gasteiger partial charge in [-0.2, -0.15) is 0 Å². The molecule has 2 saturated carbocycles. The first-order chi connectivity index (χ1) is 14.8. The maximum absolute atomic E-state index is 15.2. The summed E-state index contributed by atoms with van der Waals surface area (Å²) in [6, 6.07) is 4.09. The minimum Gasteiger partial charge on any atom is -0.305 e. The van der Waals surface area contributed by atoms with E-state index in [2.05, 4.69) is 34.9 Å². The Balaban J connectivity index is 1.71. The number of fused-ring (bicyclic) bond motifs is 2. The Kier molecular flexibility index (Phi) is 5.58. The van der Waals surface area contributed by atoms with Crippen LogP contribution in [-0.4, -0.2) is 11.0 Å². The summed E-state index contributed by atoms with van der Waals surface area (Å²) in [5.41, 5.74) is 7.86. The van der Waals surface area contributed by atoms with Crippen molar-refractivity contribution in [1.29, 1.82) is 5.41 Å². The average molecular weight is 436 g/mol. The van der Waals surface area contributed by atoms with Crippen LogP contribution in [0.1, 0.15) is 88.3 Å². The lowest BCUT2D eigenvalue weighted by Crippen LogP contribution is -2.22. The van der Waals surface area contributed by atoms with Gasteiger partial charge in [-0.15, -0.1) is 8.86 Å². The van der Waals surface area contributed by atoms with E-state index in [0.717, 1.165) is 66.4 Å². The quantitative estimate of drug-likeness (QED) is 0.369. The highest BCUT2D eigenvalue weighted by Gasteiger charge is 2.37. The van der Waals surface area contributed by atoms with E-state index in [1.807, 2.05) is 13.0 Å². The van der Waals surface area contributed by atoms with Crippen molar-refractivity contribution in [2.45, 2.75) is 78.1 Å². The van der Waals surface area contributed by atoms with Gasteiger partial charge in [0.1, 0.15) is 5.82 Å². The summed E-state index contributed by atoms with van der Waals surface area (Å²) in [5.74, 6) is 2.84. The number of rotatable bonds is 4. The average Bonchev–Trinajstić information content (AvgIpc) is 3.60. The van der Waals surface area contributed by atoms with Gasteiger partial charge in [0.15, 0.2) is 0 Å². The van der Waals surface area contributed by atoms with Gasteiger partial charge in [-0.25, -0.2) is 4.39 Å². The molecule has 1 N–H and O–H groups in total.